The molecule has 1 saturated heterocycles. The molecule has 0 spiro atoms. The maximum Gasteiger partial charge on any atom is 0.239 e. The van der Waals surface area contributed by atoms with Gasteiger partial charge in [0.1, 0.15) is 0 Å². The number of nitrogens with zero attached hydrogens (tertiary/aromatic N) is 1. The molecule has 2 amide bonds. The van der Waals surface area contributed by atoms with Crippen molar-refractivity contribution in [2.24, 2.45) is 5.73 Å². The Kier molecular flexibility index (Phi) is 12.6. The summed E-state index contributed by atoms with van der Waals surface area (Å²) in [5.74, 6) is -0.622. The first-order valence-electron chi connectivity index (χ1n) is 7.91. The van der Waals surface area contributed by atoms with Crippen LogP contribution in [0.4, 0.5) is 0 Å². The van der Waals surface area contributed by atoms with E-state index < -0.39 is 0 Å². The Morgan fingerprint density at radius 3 is 2.42 bits per heavy atom. The zero-order valence-corrected chi connectivity index (χ0v) is 16.7. The third-order valence-electron chi connectivity index (χ3n) is 3.87. The van der Waals surface area contributed by atoms with Crippen LogP contribution >= 0.6 is 36.4 Å². The fourth-order valence-electron chi connectivity index (χ4n) is 2.59. The van der Waals surface area contributed by atoms with Crippen molar-refractivity contribution >= 4 is 48.2 Å². The van der Waals surface area contributed by atoms with Crippen LogP contribution in [0.5, 0.6) is 0 Å². The average Bonchev–Trinajstić information content (AvgIpc) is 2.62. The third-order valence-corrected chi connectivity index (χ3v) is 4.22. The van der Waals surface area contributed by atoms with E-state index >= 15 is 0 Å². The van der Waals surface area contributed by atoms with Crippen molar-refractivity contribution < 1.29 is 14.3 Å². The predicted octanol–water partition coefficient (Wildman–Crippen LogP) is 0.748. The van der Waals surface area contributed by atoms with Gasteiger partial charge in [0.2, 0.25) is 11.8 Å². The summed E-state index contributed by atoms with van der Waals surface area (Å²) in [6, 6.07) is 7.57. The molecular weight excluding hydrogens is 403 g/mol. The van der Waals surface area contributed by atoms with Gasteiger partial charge in [-0.3, -0.25) is 14.5 Å². The highest BCUT2D eigenvalue weighted by Crippen LogP contribution is 2.27. The van der Waals surface area contributed by atoms with Crippen LogP contribution in [0.2, 0.25) is 5.02 Å². The minimum atomic E-state index is -0.360. The van der Waals surface area contributed by atoms with Gasteiger partial charge in [0.05, 0.1) is 32.3 Å². The first-order valence-corrected chi connectivity index (χ1v) is 8.29. The minimum absolute atomic E-state index is 0. The normalized spacial score (nSPS) is 15.2. The zero-order chi connectivity index (χ0) is 17.4. The van der Waals surface area contributed by atoms with Gasteiger partial charge in [-0.05, 0) is 11.6 Å². The molecular formula is C16H25Cl3N4O3. The monoisotopic (exact) mass is 426 g/mol. The molecule has 1 unspecified atom stereocenters. The molecule has 1 aromatic rings. The van der Waals surface area contributed by atoms with Gasteiger partial charge in [0.25, 0.3) is 0 Å². The SMILES string of the molecule is Cl.Cl.NCC(=O)NCC(=O)NCC(c1ccccc1Cl)N1CCOCC1. The van der Waals surface area contributed by atoms with E-state index in [4.69, 9.17) is 22.1 Å². The van der Waals surface area contributed by atoms with Crippen molar-refractivity contribution in [1.29, 1.82) is 0 Å². The van der Waals surface area contributed by atoms with Crippen LogP contribution in [0.1, 0.15) is 11.6 Å². The quantitative estimate of drug-likeness (QED) is 0.597. The van der Waals surface area contributed by atoms with Gasteiger partial charge in [0.15, 0.2) is 0 Å². The molecule has 0 aliphatic carbocycles. The van der Waals surface area contributed by atoms with Gasteiger partial charge in [-0.25, -0.2) is 0 Å². The fraction of sp³-hybridized carbons (Fsp3) is 0.500. The maximum absolute atomic E-state index is 11.9. The zero-order valence-electron chi connectivity index (χ0n) is 14.3. The third kappa shape index (κ3) is 7.65. The largest absolute Gasteiger partial charge is 0.379 e. The molecule has 1 aliphatic rings. The Labute approximate surface area is 170 Å². The summed E-state index contributed by atoms with van der Waals surface area (Å²) in [4.78, 5) is 25.3. The molecule has 7 nitrogen and oxygen atoms in total. The number of ether oxygens (including phenoxy) is 1. The van der Waals surface area contributed by atoms with Gasteiger partial charge in [0, 0.05) is 24.7 Å². The molecule has 1 fully saturated rings. The van der Waals surface area contributed by atoms with E-state index in [1.165, 1.54) is 0 Å². The number of hydrogen-bond acceptors (Lipinski definition) is 5. The summed E-state index contributed by atoms with van der Waals surface area (Å²) in [5.41, 5.74) is 6.16. The Bertz CT molecular complexity index is 571. The van der Waals surface area contributed by atoms with Crippen LogP contribution < -0.4 is 16.4 Å². The number of nitrogens with two attached hydrogens (primary N) is 1. The fourth-order valence-corrected chi connectivity index (χ4v) is 2.86. The number of morpholine rings is 1. The second kappa shape index (κ2) is 13.1. The molecule has 10 heteroatoms. The van der Waals surface area contributed by atoms with Gasteiger partial charge in [-0.15, -0.1) is 24.8 Å². The van der Waals surface area contributed by atoms with E-state index in [0.29, 0.717) is 24.8 Å². The van der Waals surface area contributed by atoms with Crippen LogP contribution in [0, 0.1) is 0 Å². The first-order chi connectivity index (χ1) is 11.6. The molecule has 0 radical (unpaired) electrons. The number of amides is 2. The van der Waals surface area contributed by atoms with E-state index in [-0.39, 0.29) is 55.8 Å². The molecule has 26 heavy (non-hydrogen) atoms. The summed E-state index contributed by atoms with van der Waals surface area (Å²) in [7, 11) is 0. The molecule has 2 rings (SSSR count). The highest BCUT2D eigenvalue weighted by molar-refractivity contribution is 6.31. The topological polar surface area (TPSA) is 96.7 Å². The number of halogens is 3. The van der Waals surface area contributed by atoms with E-state index in [1.54, 1.807) is 0 Å². The number of rotatable bonds is 7. The summed E-state index contributed by atoms with van der Waals surface area (Å²) in [5, 5.41) is 5.97. The number of carbonyl (C=O) groups is 2. The van der Waals surface area contributed by atoms with Gasteiger partial charge in [-0.2, -0.15) is 0 Å². The second-order valence-electron chi connectivity index (χ2n) is 5.47. The van der Waals surface area contributed by atoms with Crippen LogP contribution in [0.15, 0.2) is 24.3 Å². The smallest absolute Gasteiger partial charge is 0.239 e. The lowest BCUT2D eigenvalue weighted by atomic mass is 10.0. The Morgan fingerprint density at radius 1 is 1.15 bits per heavy atom. The van der Waals surface area contributed by atoms with Crippen molar-refractivity contribution in [3.8, 4) is 0 Å². The summed E-state index contributed by atoms with van der Waals surface area (Å²) >= 11 is 6.33. The van der Waals surface area contributed by atoms with Crippen molar-refractivity contribution in [3.05, 3.63) is 34.9 Å². The summed E-state index contributed by atoms with van der Waals surface area (Å²) in [6.07, 6.45) is 0. The second-order valence-corrected chi connectivity index (χ2v) is 5.88. The number of benzene rings is 1. The highest BCUT2D eigenvalue weighted by atomic mass is 35.5. The lowest BCUT2D eigenvalue weighted by Gasteiger charge is -2.35. The molecule has 1 atom stereocenters. The standard InChI is InChI=1S/C16H23ClN4O3.2ClH/c17-13-4-2-1-3-12(13)14(21-5-7-24-8-6-21)10-19-16(23)11-20-15(22)9-18;;/h1-4,14H,5-11,18H2,(H,19,23)(H,20,22);2*1H. The molecule has 0 bridgehead atoms. The van der Waals surface area contributed by atoms with Gasteiger partial charge in [-0.1, -0.05) is 29.8 Å². The molecule has 148 valence electrons. The molecule has 4 N–H and O–H groups in total. The van der Waals surface area contributed by atoms with E-state index in [9.17, 15) is 9.59 Å². The molecule has 1 heterocycles. The van der Waals surface area contributed by atoms with Crippen molar-refractivity contribution in [3.63, 3.8) is 0 Å². The lowest BCUT2D eigenvalue weighted by Crippen LogP contribution is -2.46. The van der Waals surface area contributed by atoms with Crippen molar-refractivity contribution in [2.45, 2.75) is 6.04 Å². The number of carbonyl (C=O) groups excluding carboxylic acids is 2. The van der Waals surface area contributed by atoms with E-state index in [2.05, 4.69) is 15.5 Å². The molecule has 1 aliphatic heterocycles. The Hall–Kier alpha value is -1.09. The summed E-state index contributed by atoms with van der Waals surface area (Å²) < 4.78 is 5.40. The Morgan fingerprint density at radius 2 is 1.81 bits per heavy atom. The summed E-state index contributed by atoms with van der Waals surface area (Å²) in [6.45, 7) is 3.03. The van der Waals surface area contributed by atoms with E-state index in [0.717, 1.165) is 18.7 Å². The van der Waals surface area contributed by atoms with Crippen molar-refractivity contribution in [1.82, 2.24) is 15.5 Å². The number of nitrogens with one attached hydrogen (secondary N) is 2. The first kappa shape index (κ1) is 24.9. The molecule has 1 aromatic carbocycles. The van der Waals surface area contributed by atoms with Gasteiger partial charge >= 0.3 is 0 Å². The number of hydrogen-bond donors (Lipinski definition) is 3. The maximum atomic E-state index is 11.9. The van der Waals surface area contributed by atoms with Crippen LogP contribution in [0.25, 0.3) is 0 Å². The van der Waals surface area contributed by atoms with E-state index in [1.807, 2.05) is 24.3 Å². The lowest BCUT2D eigenvalue weighted by molar-refractivity contribution is -0.125. The van der Waals surface area contributed by atoms with Gasteiger partial charge < -0.3 is 21.1 Å². The average molecular weight is 428 g/mol. The van der Waals surface area contributed by atoms with Crippen LogP contribution in [-0.4, -0.2) is 62.7 Å². The predicted molar refractivity (Wildman–Crippen MR) is 106 cm³/mol. The van der Waals surface area contributed by atoms with Crippen LogP contribution in [-0.2, 0) is 14.3 Å². The highest BCUT2D eigenvalue weighted by Gasteiger charge is 2.24. The van der Waals surface area contributed by atoms with Crippen LogP contribution in [0.3, 0.4) is 0 Å². The minimum Gasteiger partial charge on any atom is -0.379 e. The van der Waals surface area contributed by atoms with Crippen molar-refractivity contribution in [2.75, 3.05) is 45.9 Å². The molecule has 0 saturated carbocycles. The Balaban J connectivity index is 0.00000312. The molecule has 0 aromatic heterocycles.